The van der Waals surface area contributed by atoms with Crippen LogP contribution in [0.4, 0.5) is 10.5 Å². The summed E-state index contributed by atoms with van der Waals surface area (Å²) in [6, 6.07) is 18.3. The zero-order valence-electron chi connectivity index (χ0n) is 19.5. The second-order valence-electron chi connectivity index (χ2n) is 8.22. The molecule has 1 aliphatic rings. The average Bonchev–Trinajstić information content (AvgIpc) is 3.10. The van der Waals surface area contributed by atoms with Crippen LogP contribution < -0.4 is 10.1 Å². The average molecular weight is 630 g/mol. The van der Waals surface area contributed by atoms with Crippen LogP contribution in [0.1, 0.15) is 22.3 Å². The first-order valence-corrected chi connectivity index (χ1v) is 13.4. The summed E-state index contributed by atoms with van der Waals surface area (Å²) >= 11 is 7.77. The SMILES string of the molecule is Cc1cc(Br)c(NC(=O)COc2ccc(/C=C3\SC(=O)N(Cc4ccc(Br)cc4)C3=O)cc2)cc1C. The van der Waals surface area contributed by atoms with Gasteiger partial charge < -0.3 is 10.1 Å². The number of anilines is 1. The van der Waals surface area contributed by atoms with E-state index in [9.17, 15) is 14.4 Å². The monoisotopic (exact) mass is 628 g/mol. The molecule has 0 unspecified atom stereocenters. The lowest BCUT2D eigenvalue weighted by Gasteiger charge is -2.12. The highest BCUT2D eigenvalue weighted by molar-refractivity contribution is 9.10. The van der Waals surface area contributed by atoms with Crippen molar-refractivity contribution >= 4 is 72.4 Å². The Kier molecular flexibility index (Phi) is 8.33. The van der Waals surface area contributed by atoms with Crippen molar-refractivity contribution in [3.05, 3.63) is 96.8 Å². The highest BCUT2D eigenvalue weighted by Crippen LogP contribution is 2.33. The quantitative estimate of drug-likeness (QED) is 0.283. The zero-order valence-corrected chi connectivity index (χ0v) is 23.5. The van der Waals surface area contributed by atoms with Gasteiger partial charge in [-0.3, -0.25) is 19.3 Å². The summed E-state index contributed by atoms with van der Waals surface area (Å²) in [4.78, 5) is 39.1. The molecule has 1 aliphatic heterocycles. The maximum Gasteiger partial charge on any atom is 0.293 e. The van der Waals surface area contributed by atoms with E-state index in [0.717, 1.165) is 43.0 Å². The number of nitrogens with zero attached hydrogens (tertiary/aromatic N) is 1. The minimum Gasteiger partial charge on any atom is -0.484 e. The van der Waals surface area contributed by atoms with Gasteiger partial charge in [0.2, 0.25) is 0 Å². The molecule has 0 aromatic heterocycles. The van der Waals surface area contributed by atoms with Crippen LogP contribution in [0, 0.1) is 13.8 Å². The van der Waals surface area contributed by atoms with Crippen LogP contribution >= 0.6 is 43.6 Å². The van der Waals surface area contributed by atoms with E-state index in [0.29, 0.717) is 16.3 Å². The Bertz CT molecular complexity index is 1360. The predicted octanol–water partition coefficient (Wildman–Crippen LogP) is 7.08. The molecule has 0 bridgehead atoms. The molecule has 1 fully saturated rings. The molecule has 3 aromatic carbocycles. The van der Waals surface area contributed by atoms with Crippen molar-refractivity contribution in [1.29, 1.82) is 0 Å². The number of carbonyl (C=O) groups is 3. The molecule has 0 atom stereocenters. The van der Waals surface area contributed by atoms with Gasteiger partial charge in [0, 0.05) is 8.95 Å². The molecule has 36 heavy (non-hydrogen) atoms. The summed E-state index contributed by atoms with van der Waals surface area (Å²) < 4.78 is 7.35. The van der Waals surface area contributed by atoms with Gasteiger partial charge in [0.05, 0.1) is 17.1 Å². The number of nitrogens with one attached hydrogen (secondary N) is 1. The smallest absolute Gasteiger partial charge is 0.293 e. The second kappa shape index (κ2) is 11.5. The van der Waals surface area contributed by atoms with Gasteiger partial charge in [0.25, 0.3) is 17.1 Å². The molecule has 0 aliphatic carbocycles. The summed E-state index contributed by atoms with van der Waals surface area (Å²) in [5.74, 6) is -0.0744. The Hall–Kier alpha value is -2.88. The van der Waals surface area contributed by atoms with Crippen molar-refractivity contribution in [2.45, 2.75) is 20.4 Å². The van der Waals surface area contributed by atoms with Crippen LogP contribution in [0.15, 0.2) is 74.5 Å². The van der Waals surface area contributed by atoms with Crippen molar-refractivity contribution in [3.8, 4) is 5.75 Å². The number of rotatable bonds is 7. The van der Waals surface area contributed by atoms with Gasteiger partial charge in [-0.15, -0.1) is 0 Å². The van der Waals surface area contributed by atoms with Gasteiger partial charge in [-0.25, -0.2) is 0 Å². The molecular weight excluding hydrogens is 608 g/mol. The van der Waals surface area contributed by atoms with E-state index in [1.807, 2.05) is 50.2 Å². The number of carbonyl (C=O) groups excluding carboxylic acids is 3. The van der Waals surface area contributed by atoms with E-state index < -0.39 is 0 Å². The summed E-state index contributed by atoms with van der Waals surface area (Å²) in [6.07, 6.45) is 1.68. The molecule has 0 radical (unpaired) electrons. The number of halogens is 2. The standard InChI is InChI=1S/C27H22Br2N2O4S/c1-16-11-22(29)23(12-17(16)2)30-25(32)15-35-21-9-5-18(6-10-21)13-24-26(33)31(27(34)36-24)14-19-3-7-20(28)8-4-19/h3-13H,14-15H2,1-2H3,(H,30,32)/b24-13-. The molecule has 1 saturated heterocycles. The number of benzene rings is 3. The lowest BCUT2D eigenvalue weighted by atomic mass is 10.1. The van der Waals surface area contributed by atoms with Crippen molar-refractivity contribution in [2.24, 2.45) is 0 Å². The van der Waals surface area contributed by atoms with E-state index in [1.165, 1.54) is 4.90 Å². The third-order valence-electron chi connectivity index (χ3n) is 5.53. The Morgan fingerprint density at radius 1 is 1.00 bits per heavy atom. The number of aryl methyl sites for hydroxylation is 2. The van der Waals surface area contributed by atoms with Crippen LogP contribution in [-0.2, 0) is 16.1 Å². The minimum atomic E-state index is -0.317. The number of hydrogen-bond acceptors (Lipinski definition) is 5. The third-order valence-corrected chi connectivity index (χ3v) is 7.62. The van der Waals surface area contributed by atoms with E-state index >= 15 is 0 Å². The van der Waals surface area contributed by atoms with Gasteiger partial charge in [-0.1, -0.05) is 40.2 Å². The number of amides is 3. The summed E-state index contributed by atoms with van der Waals surface area (Å²) in [6.45, 7) is 4.07. The van der Waals surface area contributed by atoms with Gasteiger partial charge in [0.15, 0.2) is 6.61 Å². The highest BCUT2D eigenvalue weighted by Gasteiger charge is 2.34. The maximum absolute atomic E-state index is 12.8. The Balaban J connectivity index is 1.34. The normalized spacial score (nSPS) is 14.4. The number of ether oxygens (including phenoxy) is 1. The zero-order chi connectivity index (χ0) is 25.8. The number of thioether (sulfide) groups is 1. The van der Waals surface area contributed by atoms with Crippen LogP contribution in [0.5, 0.6) is 5.75 Å². The summed E-state index contributed by atoms with van der Waals surface area (Å²) in [5, 5.41) is 2.55. The van der Waals surface area contributed by atoms with Crippen LogP contribution in [0.25, 0.3) is 6.08 Å². The fraction of sp³-hybridized carbons (Fsp3) is 0.148. The predicted molar refractivity (Wildman–Crippen MR) is 150 cm³/mol. The van der Waals surface area contributed by atoms with Crippen molar-refractivity contribution in [2.75, 3.05) is 11.9 Å². The van der Waals surface area contributed by atoms with Crippen LogP contribution in [0.3, 0.4) is 0 Å². The van der Waals surface area contributed by atoms with Crippen molar-refractivity contribution in [1.82, 2.24) is 4.90 Å². The first-order valence-electron chi connectivity index (χ1n) is 11.0. The van der Waals surface area contributed by atoms with Gasteiger partial charge in [-0.2, -0.15) is 0 Å². The molecular formula is C27H22Br2N2O4S. The maximum atomic E-state index is 12.8. The lowest BCUT2D eigenvalue weighted by Crippen LogP contribution is -2.27. The van der Waals surface area contributed by atoms with Gasteiger partial charge in [-0.05, 0) is 106 Å². The fourth-order valence-corrected chi connectivity index (χ4v) is 5.09. The first-order chi connectivity index (χ1) is 17.2. The second-order valence-corrected chi connectivity index (χ2v) is 11.0. The molecule has 3 aromatic rings. The van der Waals surface area contributed by atoms with Crippen molar-refractivity contribution < 1.29 is 19.1 Å². The first kappa shape index (κ1) is 26.2. The topological polar surface area (TPSA) is 75.7 Å². The Morgan fingerprint density at radius 3 is 2.36 bits per heavy atom. The van der Waals surface area contributed by atoms with E-state index in [4.69, 9.17) is 4.74 Å². The highest BCUT2D eigenvalue weighted by atomic mass is 79.9. The minimum absolute atomic E-state index is 0.145. The number of hydrogen-bond donors (Lipinski definition) is 1. The van der Waals surface area contributed by atoms with E-state index in [2.05, 4.69) is 37.2 Å². The Morgan fingerprint density at radius 2 is 1.67 bits per heavy atom. The molecule has 0 spiro atoms. The van der Waals surface area contributed by atoms with E-state index in [-0.39, 0.29) is 30.2 Å². The molecule has 9 heteroatoms. The van der Waals surface area contributed by atoms with Crippen LogP contribution in [-0.4, -0.2) is 28.6 Å². The third kappa shape index (κ3) is 6.46. The lowest BCUT2D eigenvalue weighted by molar-refractivity contribution is -0.123. The number of imide groups is 1. The van der Waals surface area contributed by atoms with Gasteiger partial charge in [0.1, 0.15) is 5.75 Å². The van der Waals surface area contributed by atoms with Crippen molar-refractivity contribution in [3.63, 3.8) is 0 Å². The molecule has 6 nitrogen and oxygen atoms in total. The Labute approximate surface area is 230 Å². The molecule has 1 N–H and O–H groups in total. The molecule has 3 amide bonds. The summed E-state index contributed by atoms with van der Waals surface area (Å²) in [7, 11) is 0. The van der Waals surface area contributed by atoms with Crippen LogP contribution in [0.2, 0.25) is 0 Å². The summed E-state index contributed by atoms with van der Waals surface area (Å²) in [5.41, 5.74) is 4.52. The van der Waals surface area contributed by atoms with E-state index in [1.54, 1.807) is 30.3 Å². The van der Waals surface area contributed by atoms with Gasteiger partial charge >= 0.3 is 0 Å². The molecule has 4 rings (SSSR count). The fourth-order valence-electron chi connectivity index (χ4n) is 3.43. The molecule has 0 saturated carbocycles. The largest absolute Gasteiger partial charge is 0.484 e. The molecule has 184 valence electrons. The molecule has 1 heterocycles.